The topological polar surface area (TPSA) is 38.7 Å². The number of aliphatic hydroxyl groups is 1. The summed E-state index contributed by atoms with van der Waals surface area (Å²) in [6.07, 6.45) is 0. The Kier molecular flexibility index (Phi) is 5.46. The number of benzene rings is 2. The van der Waals surface area contributed by atoms with Crippen molar-refractivity contribution in [3.05, 3.63) is 56.5 Å². The Labute approximate surface area is 134 Å². The first kappa shape index (κ1) is 15.4. The van der Waals surface area contributed by atoms with Gasteiger partial charge in [-0.05, 0) is 55.1 Å². The van der Waals surface area contributed by atoms with E-state index in [0.29, 0.717) is 6.61 Å². The first-order valence-electron chi connectivity index (χ1n) is 5.98. The number of rotatable bonds is 5. The van der Waals surface area contributed by atoms with Crippen molar-refractivity contribution in [1.82, 2.24) is 0 Å². The quantitative estimate of drug-likeness (QED) is 0.811. The van der Waals surface area contributed by atoms with E-state index in [2.05, 4.69) is 31.9 Å². The fraction of sp³-hybridized carbons (Fsp3) is 0.200. The zero-order chi connectivity index (χ0) is 14.5. The number of aliphatic hydroxyl groups excluding tert-OH is 1. The van der Waals surface area contributed by atoms with Crippen molar-refractivity contribution in [1.29, 1.82) is 0 Å². The molecule has 2 aromatic rings. The van der Waals surface area contributed by atoms with Gasteiger partial charge in [0.25, 0.3) is 0 Å². The lowest BCUT2D eigenvalue weighted by atomic mass is 10.1. The van der Waals surface area contributed by atoms with E-state index in [1.165, 1.54) is 0 Å². The second-order valence-corrected chi connectivity index (χ2v) is 5.89. The van der Waals surface area contributed by atoms with Crippen molar-refractivity contribution in [2.24, 2.45) is 0 Å². The fourth-order valence-corrected chi connectivity index (χ4v) is 2.60. The van der Waals surface area contributed by atoms with Crippen LogP contribution in [-0.2, 0) is 13.2 Å². The highest BCUT2D eigenvalue weighted by atomic mass is 79.9. The highest BCUT2D eigenvalue weighted by Gasteiger charge is 2.08. The van der Waals surface area contributed by atoms with Gasteiger partial charge in [0, 0.05) is 0 Å². The largest absolute Gasteiger partial charge is 0.496 e. The van der Waals surface area contributed by atoms with Crippen LogP contribution in [0.2, 0.25) is 0 Å². The molecule has 0 fully saturated rings. The molecule has 0 heterocycles. The Morgan fingerprint density at radius 2 is 1.50 bits per heavy atom. The molecule has 0 spiro atoms. The highest BCUT2D eigenvalue weighted by Crippen LogP contribution is 2.36. The number of hydrogen-bond donors (Lipinski definition) is 1. The molecule has 0 unspecified atom stereocenters. The van der Waals surface area contributed by atoms with Gasteiger partial charge in [0.2, 0.25) is 0 Å². The predicted octanol–water partition coefficient (Wildman–Crippen LogP) is 4.29. The Morgan fingerprint density at radius 1 is 0.950 bits per heavy atom. The van der Waals surface area contributed by atoms with Gasteiger partial charge in [0.1, 0.15) is 18.1 Å². The molecule has 0 saturated heterocycles. The van der Waals surface area contributed by atoms with Gasteiger partial charge < -0.3 is 14.6 Å². The molecule has 20 heavy (non-hydrogen) atoms. The molecule has 0 radical (unpaired) electrons. The Balaban J connectivity index is 2.08. The first-order valence-corrected chi connectivity index (χ1v) is 7.57. The third kappa shape index (κ3) is 3.75. The van der Waals surface area contributed by atoms with Gasteiger partial charge in [-0.1, -0.05) is 24.3 Å². The molecule has 0 amide bonds. The summed E-state index contributed by atoms with van der Waals surface area (Å²) in [5, 5.41) is 9.00. The van der Waals surface area contributed by atoms with Crippen molar-refractivity contribution >= 4 is 31.9 Å². The van der Waals surface area contributed by atoms with Gasteiger partial charge in [0.05, 0.1) is 22.7 Å². The van der Waals surface area contributed by atoms with Gasteiger partial charge in [-0.2, -0.15) is 0 Å². The van der Waals surface area contributed by atoms with E-state index in [9.17, 15) is 0 Å². The highest BCUT2D eigenvalue weighted by molar-refractivity contribution is 9.11. The molecule has 0 aliphatic carbocycles. The van der Waals surface area contributed by atoms with Gasteiger partial charge in [-0.25, -0.2) is 0 Å². The molecular weight excluding hydrogens is 388 g/mol. The van der Waals surface area contributed by atoms with E-state index in [1.807, 2.05) is 36.4 Å². The number of methoxy groups -OCH3 is 1. The second-order valence-electron chi connectivity index (χ2n) is 4.18. The Bertz CT molecular complexity index is 582. The van der Waals surface area contributed by atoms with E-state index in [-0.39, 0.29) is 6.61 Å². The summed E-state index contributed by atoms with van der Waals surface area (Å²) in [7, 11) is 1.62. The minimum absolute atomic E-state index is 0.0537. The third-order valence-corrected chi connectivity index (χ3v) is 4.05. The number of hydrogen-bond acceptors (Lipinski definition) is 3. The van der Waals surface area contributed by atoms with Crippen LogP contribution in [0.5, 0.6) is 11.5 Å². The lowest BCUT2D eigenvalue weighted by Gasteiger charge is -2.11. The first-order chi connectivity index (χ1) is 9.63. The van der Waals surface area contributed by atoms with Gasteiger partial charge >= 0.3 is 0 Å². The maximum absolute atomic E-state index is 9.00. The molecule has 3 nitrogen and oxygen atoms in total. The maximum atomic E-state index is 9.00. The summed E-state index contributed by atoms with van der Waals surface area (Å²) >= 11 is 6.89. The molecule has 1 N–H and O–H groups in total. The van der Waals surface area contributed by atoms with Crippen molar-refractivity contribution in [2.45, 2.75) is 13.2 Å². The van der Waals surface area contributed by atoms with Crippen molar-refractivity contribution < 1.29 is 14.6 Å². The normalized spacial score (nSPS) is 10.4. The summed E-state index contributed by atoms with van der Waals surface area (Å²) in [6.45, 7) is 0.515. The van der Waals surface area contributed by atoms with Crippen molar-refractivity contribution in [2.75, 3.05) is 7.11 Å². The molecule has 5 heteroatoms. The van der Waals surface area contributed by atoms with Gasteiger partial charge in [0.15, 0.2) is 0 Å². The lowest BCUT2D eigenvalue weighted by Crippen LogP contribution is -1.97. The molecule has 0 saturated carbocycles. The minimum Gasteiger partial charge on any atom is -0.496 e. The summed E-state index contributed by atoms with van der Waals surface area (Å²) in [6, 6.07) is 11.4. The Morgan fingerprint density at radius 3 is 2.10 bits per heavy atom. The summed E-state index contributed by atoms with van der Waals surface area (Å²) in [4.78, 5) is 0. The van der Waals surface area contributed by atoms with Crippen LogP contribution in [0.4, 0.5) is 0 Å². The molecule has 106 valence electrons. The predicted molar refractivity (Wildman–Crippen MR) is 85.1 cm³/mol. The summed E-state index contributed by atoms with van der Waals surface area (Å²) in [5.41, 5.74) is 1.93. The van der Waals surface area contributed by atoms with Crippen molar-refractivity contribution in [3.8, 4) is 11.5 Å². The van der Waals surface area contributed by atoms with Crippen molar-refractivity contribution in [3.63, 3.8) is 0 Å². The van der Waals surface area contributed by atoms with Gasteiger partial charge in [-0.15, -0.1) is 0 Å². The van der Waals surface area contributed by atoms with Crippen LogP contribution in [0.15, 0.2) is 45.3 Å². The summed E-state index contributed by atoms with van der Waals surface area (Å²) in [5.74, 6) is 1.49. The molecule has 0 bridgehead atoms. The number of halogens is 2. The minimum atomic E-state index is 0.0537. The zero-order valence-corrected chi connectivity index (χ0v) is 14.1. The van der Waals surface area contributed by atoms with Crippen LogP contribution in [-0.4, -0.2) is 12.2 Å². The van der Waals surface area contributed by atoms with E-state index in [4.69, 9.17) is 14.6 Å². The van der Waals surface area contributed by atoms with Crippen LogP contribution < -0.4 is 9.47 Å². The SMILES string of the molecule is COc1cc(Br)c(OCc2ccc(CO)cc2)cc1Br. The zero-order valence-electron chi connectivity index (χ0n) is 10.9. The fourth-order valence-electron chi connectivity index (χ4n) is 1.68. The van der Waals surface area contributed by atoms with E-state index >= 15 is 0 Å². The van der Waals surface area contributed by atoms with Crippen LogP contribution in [0.3, 0.4) is 0 Å². The average molecular weight is 402 g/mol. The van der Waals surface area contributed by atoms with Gasteiger partial charge in [-0.3, -0.25) is 0 Å². The molecule has 0 atom stereocenters. The molecule has 0 aliphatic rings. The standard InChI is InChI=1S/C15H14Br2O3/c1-19-14-6-13(17)15(7-12(14)16)20-9-11-4-2-10(8-18)3-5-11/h2-7,18H,8-9H2,1H3. The molecule has 0 aromatic heterocycles. The van der Waals surface area contributed by atoms with E-state index < -0.39 is 0 Å². The lowest BCUT2D eigenvalue weighted by molar-refractivity contribution is 0.281. The molecular formula is C15H14Br2O3. The second kappa shape index (κ2) is 7.11. The van der Waals surface area contributed by atoms with Crippen LogP contribution in [0.25, 0.3) is 0 Å². The van der Waals surface area contributed by atoms with Crippen LogP contribution in [0, 0.1) is 0 Å². The van der Waals surface area contributed by atoms with E-state index in [1.54, 1.807) is 7.11 Å². The monoisotopic (exact) mass is 400 g/mol. The van der Waals surface area contributed by atoms with E-state index in [0.717, 1.165) is 31.6 Å². The molecule has 0 aliphatic heterocycles. The molecule has 2 aromatic carbocycles. The molecule has 2 rings (SSSR count). The smallest absolute Gasteiger partial charge is 0.135 e. The van der Waals surface area contributed by atoms with Crippen LogP contribution in [0.1, 0.15) is 11.1 Å². The average Bonchev–Trinajstić information content (AvgIpc) is 2.48. The third-order valence-electron chi connectivity index (χ3n) is 2.81. The van der Waals surface area contributed by atoms with Crippen LogP contribution >= 0.6 is 31.9 Å². The summed E-state index contributed by atoms with van der Waals surface area (Å²) < 4.78 is 12.7. The number of ether oxygens (including phenoxy) is 2. The maximum Gasteiger partial charge on any atom is 0.135 e. The Hall–Kier alpha value is -1.04.